The smallest absolute Gasteiger partial charge is 0.0991 e. The zero-order valence-corrected chi connectivity index (χ0v) is 12.8. The summed E-state index contributed by atoms with van der Waals surface area (Å²) in [6.45, 7) is 9.54. The highest BCUT2D eigenvalue weighted by atomic mass is 16.5. The van der Waals surface area contributed by atoms with Crippen molar-refractivity contribution in [1.82, 2.24) is 5.32 Å². The lowest BCUT2D eigenvalue weighted by atomic mass is 9.64. The summed E-state index contributed by atoms with van der Waals surface area (Å²) in [7, 11) is 0. The molecule has 0 radical (unpaired) electrons. The average Bonchev–Trinajstić information content (AvgIpc) is 2.46. The first-order valence-corrected chi connectivity index (χ1v) is 7.36. The van der Waals surface area contributed by atoms with Crippen LogP contribution in [-0.4, -0.2) is 18.8 Å². The molecule has 0 aromatic heterocycles. The third kappa shape index (κ3) is 2.87. The molecule has 0 aliphatic heterocycles. The van der Waals surface area contributed by atoms with Gasteiger partial charge in [-0.25, -0.2) is 0 Å². The number of ether oxygens (including phenoxy) is 1. The number of hydrogen-bond acceptors (Lipinski definition) is 3. The van der Waals surface area contributed by atoms with E-state index < -0.39 is 0 Å². The number of benzene rings is 1. The maximum absolute atomic E-state index is 8.83. The summed E-state index contributed by atoms with van der Waals surface area (Å²) in [5.41, 5.74) is 2.11. The molecule has 1 aliphatic carbocycles. The molecule has 108 valence electrons. The minimum atomic E-state index is 0.177. The molecule has 1 N–H and O–H groups in total. The predicted octanol–water partition coefficient (Wildman–Crippen LogP) is 3.41. The molecule has 3 unspecified atom stereocenters. The van der Waals surface area contributed by atoms with Gasteiger partial charge in [0.25, 0.3) is 0 Å². The van der Waals surface area contributed by atoms with E-state index in [0.29, 0.717) is 17.7 Å². The van der Waals surface area contributed by atoms with Crippen LogP contribution in [0.15, 0.2) is 24.3 Å². The molecule has 3 heteroatoms. The van der Waals surface area contributed by atoms with Gasteiger partial charge in [0.2, 0.25) is 0 Å². The fourth-order valence-corrected chi connectivity index (χ4v) is 2.90. The van der Waals surface area contributed by atoms with E-state index in [0.717, 1.165) is 13.0 Å². The molecule has 2 rings (SSSR count). The number of nitrogens with one attached hydrogen (secondary N) is 1. The van der Waals surface area contributed by atoms with Gasteiger partial charge in [0.05, 0.1) is 17.7 Å². The van der Waals surface area contributed by atoms with Gasteiger partial charge < -0.3 is 10.1 Å². The Morgan fingerprint density at radius 1 is 1.40 bits per heavy atom. The van der Waals surface area contributed by atoms with Crippen molar-refractivity contribution in [2.45, 2.75) is 52.3 Å². The van der Waals surface area contributed by atoms with Crippen LogP contribution in [0.4, 0.5) is 0 Å². The Labute approximate surface area is 121 Å². The molecule has 3 nitrogen and oxygen atoms in total. The second kappa shape index (κ2) is 5.95. The standard InChI is InChI=1S/C17H24N2O/c1-5-20-16-10-15(17(16,3)4)19-12(2)14-8-6-13(11-18)7-9-14/h6-9,12,15-16,19H,5,10H2,1-4H3. The fraction of sp³-hybridized carbons (Fsp3) is 0.588. The van der Waals surface area contributed by atoms with E-state index in [-0.39, 0.29) is 11.5 Å². The lowest BCUT2D eigenvalue weighted by molar-refractivity contribution is -0.116. The number of nitrogens with zero attached hydrogens (tertiary/aromatic N) is 1. The first-order chi connectivity index (χ1) is 9.48. The van der Waals surface area contributed by atoms with Crippen molar-refractivity contribution in [1.29, 1.82) is 5.26 Å². The van der Waals surface area contributed by atoms with Gasteiger partial charge >= 0.3 is 0 Å². The topological polar surface area (TPSA) is 45.0 Å². The predicted molar refractivity (Wildman–Crippen MR) is 80.3 cm³/mol. The van der Waals surface area contributed by atoms with Crippen LogP contribution in [0.3, 0.4) is 0 Å². The molecule has 1 fully saturated rings. The van der Waals surface area contributed by atoms with Gasteiger partial charge in [-0.2, -0.15) is 5.26 Å². The minimum Gasteiger partial charge on any atom is -0.378 e. The van der Waals surface area contributed by atoms with Crippen LogP contribution in [0.1, 0.15) is 51.3 Å². The second-order valence-corrected chi connectivity index (χ2v) is 6.18. The van der Waals surface area contributed by atoms with E-state index in [1.807, 2.05) is 24.3 Å². The highest BCUT2D eigenvalue weighted by molar-refractivity contribution is 5.32. The Hall–Kier alpha value is -1.37. The molecule has 1 saturated carbocycles. The van der Waals surface area contributed by atoms with Crippen molar-refractivity contribution in [2.24, 2.45) is 5.41 Å². The summed E-state index contributed by atoms with van der Waals surface area (Å²) in [5, 5.41) is 12.5. The first-order valence-electron chi connectivity index (χ1n) is 7.36. The Bertz CT molecular complexity index is 487. The SMILES string of the molecule is CCOC1CC(NC(C)c2ccc(C#N)cc2)C1(C)C. The van der Waals surface area contributed by atoms with Crippen LogP contribution in [0.25, 0.3) is 0 Å². The van der Waals surface area contributed by atoms with Crippen LogP contribution < -0.4 is 5.32 Å². The summed E-state index contributed by atoms with van der Waals surface area (Å²) >= 11 is 0. The van der Waals surface area contributed by atoms with Crippen molar-refractivity contribution < 1.29 is 4.74 Å². The maximum Gasteiger partial charge on any atom is 0.0991 e. The monoisotopic (exact) mass is 272 g/mol. The van der Waals surface area contributed by atoms with Crippen LogP contribution in [-0.2, 0) is 4.74 Å². The molecule has 0 amide bonds. The lowest BCUT2D eigenvalue weighted by Crippen LogP contribution is -2.61. The molecule has 1 aromatic carbocycles. The molecule has 0 heterocycles. The molecule has 20 heavy (non-hydrogen) atoms. The van der Waals surface area contributed by atoms with Crippen molar-refractivity contribution >= 4 is 0 Å². The molecule has 0 bridgehead atoms. The van der Waals surface area contributed by atoms with Crippen molar-refractivity contribution in [2.75, 3.05) is 6.61 Å². The quantitative estimate of drug-likeness (QED) is 0.893. The molecule has 1 aromatic rings. The van der Waals surface area contributed by atoms with Gasteiger partial charge in [-0.1, -0.05) is 26.0 Å². The Morgan fingerprint density at radius 2 is 2.05 bits per heavy atom. The van der Waals surface area contributed by atoms with Gasteiger partial charge in [-0.05, 0) is 38.0 Å². The second-order valence-electron chi connectivity index (χ2n) is 6.18. The van der Waals surface area contributed by atoms with Crippen LogP contribution in [0.2, 0.25) is 0 Å². The molecule has 3 atom stereocenters. The van der Waals surface area contributed by atoms with Crippen LogP contribution in [0, 0.1) is 16.7 Å². The molecular weight excluding hydrogens is 248 g/mol. The zero-order valence-electron chi connectivity index (χ0n) is 12.8. The molecule has 0 saturated heterocycles. The fourth-order valence-electron chi connectivity index (χ4n) is 2.90. The minimum absolute atomic E-state index is 0.177. The van der Waals surface area contributed by atoms with E-state index in [9.17, 15) is 0 Å². The number of rotatable bonds is 5. The summed E-state index contributed by atoms with van der Waals surface area (Å²) < 4.78 is 5.76. The number of hydrogen-bond donors (Lipinski definition) is 1. The van der Waals surface area contributed by atoms with Crippen LogP contribution >= 0.6 is 0 Å². The largest absolute Gasteiger partial charge is 0.378 e. The van der Waals surface area contributed by atoms with Crippen LogP contribution in [0.5, 0.6) is 0 Å². The lowest BCUT2D eigenvalue weighted by Gasteiger charge is -2.52. The summed E-state index contributed by atoms with van der Waals surface area (Å²) in [6, 6.07) is 10.7. The summed E-state index contributed by atoms with van der Waals surface area (Å²) in [5.74, 6) is 0. The van der Waals surface area contributed by atoms with Crippen molar-refractivity contribution in [3.05, 3.63) is 35.4 Å². The van der Waals surface area contributed by atoms with E-state index in [1.165, 1.54) is 5.56 Å². The third-order valence-electron chi connectivity index (χ3n) is 4.54. The van der Waals surface area contributed by atoms with E-state index in [4.69, 9.17) is 10.00 Å². The normalized spacial score (nSPS) is 25.6. The van der Waals surface area contributed by atoms with Gasteiger partial charge in [0.1, 0.15) is 0 Å². The van der Waals surface area contributed by atoms with Gasteiger partial charge in [0, 0.05) is 24.1 Å². The zero-order chi connectivity index (χ0) is 14.8. The Morgan fingerprint density at radius 3 is 2.55 bits per heavy atom. The highest BCUT2D eigenvalue weighted by Gasteiger charge is 2.48. The first kappa shape index (κ1) is 15.0. The summed E-state index contributed by atoms with van der Waals surface area (Å²) in [6.07, 6.45) is 1.43. The average molecular weight is 272 g/mol. The maximum atomic E-state index is 8.83. The van der Waals surface area contributed by atoms with Crippen molar-refractivity contribution in [3.63, 3.8) is 0 Å². The van der Waals surface area contributed by atoms with E-state index >= 15 is 0 Å². The van der Waals surface area contributed by atoms with Gasteiger partial charge in [-0.3, -0.25) is 0 Å². The summed E-state index contributed by atoms with van der Waals surface area (Å²) in [4.78, 5) is 0. The third-order valence-corrected chi connectivity index (χ3v) is 4.54. The molecular formula is C17H24N2O. The van der Waals surface area contributed by atoms with E-state index in [1.54, 1.807) is 0 Å². The van der Waals surface area contributed by atoms with Gasteiger partial charge in [-0.15, -0.1) is 0 Å². The highest BCUT2D eigenvalue weighted by Crippen LogP contribution is 2.43. The number of nitriles is 1. The van der Waals surface area contributed by atoms with Gasteiger partial charge in [0.15, 0.2) is 0 Å². The van der Waals surface area contributed by atoms with E-state index in [2.05, 4.69) is 39.1 Å². The van der Waals surface area contributed by atoms with Crippen molar-refractivity contribution in [3.8, 4) is 6.07 Å². The molecule has 0 spiro atoms. The Balaban J connectivity index is 1.95. The Kier molecular flexibility index (Phi) is 4.47. The molecule has 1 aliphatic rings.